The second-order valence-electron chi connectivity index (χ2n) is 5.88. The van der Waals surface area contributed by atoms with Crippen molar-refractivity contribution < 1.29 is 31.4 Å². The van der Waals surface area contributed by atoms with Crippen LogP contribution in [0.1, 0.15) is 11.3 Å². The van der Waals surface area contributed by atoms with Crippen LogP contribution in [0.2, 0.25) is 0 Å². The van der Waals surface area contributed by atoms with Gasteiger partial charge in [0.2, 0.25) is 5.88 Å². The van der Waals surface area contributed by atoms with Crippen LogP contribution in [0.3, 0.4) is 0 Å². The molecule has 0 aliphatic rings. The summed E-state index contributed by atoms with van der Waals surface area (Å²) < 4.78 is 57.0. The number of aromatic amines is 1. The minimum Gasteiger partial charge on any atom is -0.434 e. The molecule has 3 aromatic heterocycles. The van der Waals surface area contributed by atoms with E-state index >= 15 is 0 Å². The molecule has 4 aromatic rings. The number of aliphatic hydroxyl groups excluding tert-OH is 1. The fourth-order valence-corrected chi connectivity index (χ4v) is 3.25. The lowest BCUT2D eigenvalue weighted by molar-refractivity contribution is 0.278. The van der Waals surface area contributed by atoms with Crippen LogP contribution in [0, 0.1) is 12.7 Å². The summed E-state index contributed by atoms with van der Waals surface area (Å²) in [5, 5.41) is 13.3. The summed E-state index contributed by atoms with van der Waals surface area (Å²) in [5.74, 6) is -1.02. The van der Waals surface area contributed by atoms with Crippen LogP contribution in [-0.2, 0) is 17.0 Å². The molecule has 146 valence electrons. The first kappa shape index (κ1) is 18.2. The van der Waals surface area contributed by atoms with Crippen LogP contribution in [0.4, 0.5) is 4.39 Å². The monoisotopic (exact) mass is 408 g/mol. The number of H-pyrrole nitrogens is 1. The van der Waals surface area contributed by atoms with Gasteiger partial charge in [0.1, 0.15) is 11.8 Å². The SMILES string of the molecule is Cc1c(OS(=O)(=O)O)cn2ncnc(Oc3ccc4[nH]c(CO)cc4c3F)c12. The van der Waals surface area contributed by atoms with Crippen molar-refractivity contribution in [2.24, 2.45) is 0 Å². The van der Waals surface area contributed by atoms with Gasteiger partial charge in [0.05, 0.1) is 12.8 Å². The Hall–Kier alpha value is -3.22. The number of fused-ring (bicyclic) bond motifs is 2. The van der Waals surface area contributed by atoms with E-state index in [0.717, 1.165) is 6.33 Å². The number of aliphatic hydroxyl groups is 1. The summed E-state index contributed by atoms with van der Waals surface area (Å²) in [7, 11) is -4.74. The quantitative estimate of drug-likeness (QED) is 0.427. The van der Waals surface area contributed by atoms with Crippen molar-refractivity contribution in [3.63, 3.8) is 0 Å². The summed E-state index contributed by atoms with van der Waals surface area (Å²) in [6.07, 6.45) is 2.35. The molecule has 3 N–H and O–H groups in total. The number of hydrogen-bond acceptors (Lipinski definition) is 7. The molecule has 1 aromatic carbocycles. The molecule has 28 heavy (non-hydrogen) atoms. The van der Waals surface area contributed by atoms with Crippen LogP contribution >= 0.6 is 0 Å². The largest absolute Gasteiger partial charge is 0.446 e. The number of nitrogens with zero attached hydrogens (tertiary/aromatic N) is 3. The van der Waals surface area contributed by atoms with Gasteiger partial charge in [0, 0.05) is 22.2 Å². The van der Waals surface area contributed by atoms with Gasteiger partial charge < -0.3 is 19.0 Å². The first-order valence-electron chi connectivity index (χ1n) is 7.85. The van der Waals surface area contributed by atoms with Crippen molar-refractivity contribution in [2.75, 3.05) is 0 Å². The molecule has 0 bridgehead atoms. The van der Waals surface area contributed by atoms with Crippen LogP contribution < -0.4 is 8.92 Å². The molecule has 0 aliphatic carbocycles. The smallest absolute Gasteiger partial charge is 0.434 e. The predicted octanol–water partition coefficient (Wildman–Crippen LogP) is 2.12. The van der Waals surface area contributed by atoms with Gasteiger partial charge in [-0.1, -0.05) is 0 Å². The molecule has 0 aliphatic heterocycles. The number of halogens is 1. The van der Waals surface area contributed by atoms with Crippen molar-refractivity contribution in [3.05, 3.63) is 47.8 Å². The fraction of sp³-hybridized carbons (Fsp3) is 0.125. The van der Waals surface area contributed by atoms with E-state index in [1.165, 1.54) is 29.8 Å². The third-order valence-electron chi connectivity index (χ3n) is 4.08. The topological polar surface area (TPSA) is 139 Å². The Morgan fingerprint density at radius 2 is 2.11 bits per heavy atom. The second kappa shape index (κ2) is 6.44. The summed E-state index contributed by atoms with van der Waals surface area (Å²) in [6.45, 7) is 1.24. The van der Waals surface area contributed by atoms with E-state index in [9.17, 15) is 17.9 Å². The number of benzene rings is 1. The lowest BCUT2D eigenvalue weighted by atomic mass is 10.2. The molecular formula is C16H13FN4O6S. The summed E-state index contributed by atoms with van der Waals surface area (Å²) >= 11 is 0. The first-order valence-corrected chi connectivity index (χ1v) is 9.22. The Morgan fingerprint density at radius 1 is 1.32 bits per heavy atom. The Labute approximate surface area is 157 Å². The second-order valence-corrected chi connectivity index (χ2v) is 6.90. The van der Waals surface area contributed by atoms with E-state index in [0.29, 0.717) is 11.2 Å². The fourth-order valence-electron chi connectivity index (χ4n) is 2.85. The number of aryl methyl sites for hydroxylation is 1. The van der Waals surface area contributed by atoms with Gasteiger partial charge in [0.25, 0.3) is 0 Å². The average Bonchev–Trinajstić information content (AvgIpc) is 3.19. The molecule has 10 nitrogen and oxygen atoms in total. The van der Waals surface area contributed by atoms with Crippen molar-refractivity contribution >= 4 is 26.8 Å². The van der Waals surface area contributed by atoms with E-state index in [1.807, 2.05) is 0 Å². The molecule has 0 fully saturated rings. The lowest BCUT2D eigenvalue weighted by Crippen LogP contribution is -2.06. The molecule has 0 saturated heterocycles. The Morgan fingerprint density at radius 3 is 2.82 bits per heavy atom. The van der Waals surface area contributed by atoms with E-state index in [1.54, 1.807) is 6.07 Å². The van der Waals surface area contributed by atoms with Gasteiger partial charge in [-0.25, -0.2) is 8.91 Å². The summed E-state index contributed by atoms with van der Waals surface area (Å²) in [5.41, 5.74) is 1.43. The van der Waals surface area contributed by atoms with Gasteiger partial charge >= 0.3 is 10.4 Å². The third kappa shape index (κ3) is 3.13. The first-order chi connectivity index (χ1) is 13.3. The number of ether oxygens (including phenoxy) is 1. The van der Waals surface area contributed by atoms with Crippen LogP contribution in [0.25, 0.3) is 16.4 Å². The number of rotatable bonds is 5. The van der Waals surface area contributed by atoms with E-state index < -0.39 is 16.2 Å². The Balaban J connectivity index is 1.80. The predicted molar refractivity (Wildman–Crippen MR) is 94.2 cm³/mol. The van der Waals surface area contributed by atoms with Crippen LogP contribution in [-0.4, -0.2) is 37.7 Å². The maximum absolute atomic E-state index is 14.8. The maximum Gasteiger partial charge on any atom is 0.446 e. The van der Waals surface area contributed by atoms with Gasteiger partial charge in [0.15, 0.2) is 17.3 Å². The van der Waals surface area contributed by atoms with E-state index in [-0.39, 0.29) is 40.5 Å². The van der Waals surface area contributed by atoms with Gasteiger partial charge in [-0.05, 0) is 25.1 Å². The van der Waals surface area contributed by atoms with Gasteiger partial charge in [-0.2, -0.15) is 18.5 Å². The molecule has 3 heterocycles. The molecular weight excluding hydrogens is 395 g/mol. The van der Waals surface area contributed by atoms with Crippen molar-refractivity contribution in [3.8, 4) is 17.4 Å². The zero-order valence-corrected chi connectivity index (χ0v) is 15.1. The number of aromatic nitrogens is 4. The van der Waals surface area contributed by atoms with Crippen molar-refractivity contribution in [1.82, 2.24) is 19.6 Å². The zero-order chi connectivity index (χ0) is 20.1. The van der Waals surface area contributed by atoms with E-state index in [2.05, 4.69) is 19.2 Å². The molecule has 0 saturated carbocycles. The zero-order valence-electron chi connectivity index (χ0n) is 14.2. The average molecular weight is 408 g/mol. The highest BCUT2D eigenvalue weighted by Gasteiger charge is 2.20. The molecule has 0 amide bonds. The van der Waals surface area contributed by atoms with Gasteiger partial charge in [-0.3, -0.25) is 4.55 Å². The highest BCUT2D eigenvalue weighted by molar-refractivity contribution is 7.81. The number of hydrogen-bond donors (Lipinski definition) is 3. The summed E-state index contributed by atoms with van der Waals surface area (Å²) in [4.78, 5) is 6.85. The molecule has 0 atom stereocenters. The standard InChI is InChI=1S/C16H13FN4O6S/c1-8-13(27-28(23,24)25)5-21-15(8)16(18-7-19-21)26-12-3-2-11-10(14(12)17)4-9(6-22)20-11/h2-5,7,20,22H,6H2,1H3,(H,23,24,25). The van der Waals surface area contributed by atoms with Crippen LogP contribution in [0.15, 0.2) is 30.7 Å². The van der Waals surface area contributed by atoms with Crippen molar-refractivity contribution in [1.29, 1.82) is 0 Å². The summed E-state index contributed by atoms with van der Waals surface area (Å²) in [6, 6.07) is 4.44. The third-order valence-corrected chi connectivity index (χ3v) is 4.47. The molecule has 4 rings (SSSR count). The number of nitrogens with one attached hydrogen (secondary N) is 1. The molecule has 12 heteroatoms. The van der Waals surface area contributed by atoms with Crippen molar-refractivity contribution in [2.45, 2.75) is 13.5 Å². The normalized spacial score (nSPS) is 12.0. The molecule has 0 spiro atoms. The maximum atomic E-state index is 14.8. The molecule has 0 unspecified atom stereocenters. The highest BCUT2D eigenvalue weighted by atomic mass is 32.3. The Kier molecular flexibility index (Phi) is 4.18. The minimum absolute atomic E-state index is 0.0474. The van der Waals surface area contributed by atoms with Crippen LogP contribution in [0.5, 0.6) is 17.4 Å². The lowest BCUT2D eigenvalue weighted by Gasteiger charge is -2.08. The van der Waals surface area contributed by atoms with E-state index in [4.69, 9.17) is 9.29 Å². The molecule has 0 radical (unpaired) electrons. The van der Waals surface area contributed by atoms with Gasteiger partial charge in [-0.15, -0.1) is 0 Å². The Bertz CT molecular complexity index is 1310. The minimum atomic E-state index is -4.74. The highest BCUT2D eigenvalue weighted by Crippen LogP contribution is 2.35.